The Morgan fingerprint density at radius 1 is 0.946 bits per heavy atom. The van der Waals surface area contributed by atoms with E-state index in [1.165, 1.54) is 0 Å². The number of hydrogen-bond acceptors (Lipinski definition) is 4. The van der Waals surface area contributed by atoms with E-state index in [1.807, 2.05) is 77.4 Å². The van der Waals surface area contributed by atoms with Gasteiger partial charge in [-0.25, -0.2) is 9.78 Å². The number of allylic oxidation sites excluding steroid dienone is 1. The van der Waals surface area contributed by atoms with Crippen molar-refractivity contribution in [2.75, 3.05) is 0 Å². The molecule has 0 saturated carbocycles. The highest BCUT2D eigenvalue weighted by Gasteiger charge is 2.21. The van der Waals surface area contributed by atoms with Gasteiger partial charge in [-0.2, -0.15) is 0 Å². The molecule has 0 fully saturated rings. The number of nitrogens with zero attached hydrogens (tertiary/aromatic N) is 2. The zero-order valence-corrected chi connectivity index (χ0v) is 19.9. The Kier molecular flexibility index (Phi) is 5.79. The monoisotopic (exact) mass is 488 g/mol. The maximum atomic E-state index is 11.7. The van der Waals surface area contributed by atoms with Gasteiger partial charge >= 0.3 is 5.97 Å². The van der Waals surface area contributed by atoms with Gasteiger partial charge in [0.25, 0.3) is 0 Å². The van der Waals surface area contributed by atoms with Crippen molar-refractivity contribution in [3.05, 3.63) is 137 Å². The minimum Gasteiger partial charge on any atom is -0.488 e. The maximum Gasteiger partial charge on any atom is 0.335 e. The van der Waals surface area contributed by atoms with Crippen molar-refractivity contribution in [2.45, 2.75) is 19.3 Å². The number of carboxylic acids is 1. The molecule has 1 aliphatic heterocycles. The third-order valence-electron chi connectivity index (χ3n) is 6.78. The lowest BCUT2D eigenvalue weighted by Crippen LogP contribution is -2.01. The van der Waals surface area contributed by atoms with Gasteiger partial charge in [0.05, 0.1) is 22.9 Å². The molecule has 0 aliphatic carbocycles. The molecule has 2 heterocycles. The lowest BCUT2D eigenvalue weighted by molar-refractivity contribution is 0.0696. The molecule has 5 aromatic rings. The van der Waals surface area contributed by atoms with Crippen LogP contribution in [0, 0.1) is 0 Å². The number of carboxylic acid groups (broad SMARTS) is 1. The van der Waals surface area contributed by atoms with Gasteiger partial charge in [-0.15, -0.1) is 0 Å². The summed E-state index contributed by atoms with van der Waals surface area (Å²) in [5.74, 6) is -0.332. The fourth-order valence-corrected chi connectivity index (χ4v) is 4.84. The number of aliphatic hydroxyl groups is 1. The quantitative estimate of drug-likeness (QED) is 0.325. The van der Waals surface area contributed by atoms with Crippen LogP contribution in [0.4, 0.5) is 0 Å². The predicted molar refractivity (Wildman–Crippen MR) is 141 cm³/mol. The topological polar surface area (TPSA) is 84.6 Å². The highest BCUT2D eigenvalue weighted by molar-refractivity contribution is 5.92. The van der Waals surface area contributed by atoms with Gasteiger partial charge in [0.1, 0.15) is 18.5 Å². The van der Waals surface area contributed by atoms with Crippen LogP contribution in [0.3, 0.4) is 0 Å². The average Bonchev–Trinajstić information content (AvgIpc) is 3.27. The molecule has 4 aromatic carbocycles. The van der Waals surface area contributed by atoms with Gasteiger partial charge in [0.2, 0.25) is 0 Å². The summed E-state index contributed by atoms with van der Waals surface area (Å²) < 4.78 is 8.08. The smallest absolute Gasteiger partial charge is 0.335 e. The van der Waals surface area contributed by atoms with Gasteiger partial charge in [0, 0.05) is 12.1 Å². The fraction of sp³-hybridized carbons (Fsp3) is 0.0968. The number of rotatable bonds is 5. The van der Waals surface area contributed by atoms with Crippen molar-refractivity contribution >= 4 is 22.6 Å². The van der Waals surface area contributed by atoms with Crippen molar-refractivity contribution in [3.63, 3.8) is 0 Å². The normalized spacial score (nSPS) is 14.5. The number of aromatic carboxylic acids is 1. The van der Waals surface area contributed by atoms with E-state index in [2.05, 4.69) is 11.1 Å². The van der Waals surface area contributed by atoms with Crippen molar-refractivity contribution in [1.82, 2.24) is 9.55 Å². The van der Waals surface area contributed by atoms with Gasteiger partial charge in [-0.05, 0) is 58.2 Å². The van der Waals surface area contributed by atoms with Gasteiger partial charge in [0.15, 0.2) is 0 Å². The number of aliphatic hydroxyl groups excluding tert-OH is 1. The molecule has 0 spiro atoms. The first kappa shape index (κ1) is 22.8. The van der Waals surface area contributed by atoms with Crippen LogP contribution in [0.25, 0.3) is 16.6 Å². The number of aromatic nitrogens is 2. The number of benzene rings is 4. The summed E-state index contributed by atoms with van der Waals surface area (Å²) in [5, 5.41) is 20.5. The van der Waals surface area contributed by atoms with Crippen LogP contribution >= 0.6 is 0 Å². The second-order valence-corrected chi connectivity index (χ2v) is 9.04. The number of hydrogen-bond donors (Lipinski definition) is 2. The molecule has 0 amide bonds. The summed E-state index contributed by atoms with van der Waals surface area (Å²) >= 11 is 0. The summed E-state index contributed by atoms with van der Waals surface area (Å²) in [6.45, 7) is 0.906. The maximum absolute atomic E-state index is 11.7. The van der Waals surface area contributed by atoms with Gasteiger partial charge in [-0.3, -0.25) is 0 Å². The van der Waals surface area contributed by atoms with Crippen LogP contribution in [0.15, 0.2) is 103 Å². The van der Waals surface area contributed by atoms with E-state index in [0.29, 0.717) is 18.9 Å². The molecular formula is C31H24N2O4. The zero-order valence-electron chi connectivity index (χ0n) is 19.9. The molecule has 0 bridgehead atoms. The lowest BCUT2D eigenvalue weighted by atomic mass is 9.93. The molecule has 1 atom stereocenters. The molecule has 0 radical (unpaired) electrons. The zero-order chi connectivity index (χ0) is 25.4. The van der Waals surface area contributed by atoms with Gasteiger partial charge < -0.3 is 19.5 Å². The molecule has 37 heavy (non-hydrogen) atoms. The van der Waals surface area contributed by atoms with E-state index in [4.69, 9.17) is 4.74 Å². The standard InChI is InChI=1S/C31H24N2O4/c34-30(20-6-2-1-3-7-20)21-10-12-27-28(17-21)33(19-32-27)15-14-25-24-9-5-4-8-23(24)18-37-29-13-11-22(31(35)36)16-26(25)29/h1-14,16-17,19,30,34H,15,18H2,(H,35,36)/b25-14+. The Morgan fingerprint density at radius 3 is 2.59 bits per heavy atom. The van der Waals surface area contributed by atoms with Crippen LogP contribution < -0.4 is 4.74 Å². The molecule has 0 saturated heterocycles. The molecule has 182 valence electrons. The second-order valence-electron chi connectivity index (χ2n) is 9.04. The largest absolute Gasteiger partial charge is 0.488 e. The summed E-state index contributed by atoms with van der Waals surface area (Å²) in [5.41, 5.74) is 7.26. The van der Waals surface area contributed by atoms with Crippen molar-refractivity contribution in [3.8, 4) is 5.75 Å². The molecule has 1 aliphatic rings. The average molecular weight is 489 g/mol. The first-order valence-corrected chi connectivity index (χ1v) is 12.1. The molecule has 1 aromatic heterocycles. The van der Waals surface area contributed by atoms with Crippen LogP contribution in [-0.4, -0.2) is 25.7 Å². The Hall–Kier alpha value is -4.68. The molecular weight excluding hydrogens is 464 g/mol. The summed E-state index contributed by atoms with van der Waals surface area (Å²) in [4.78, 5) is 16.3. The van der Waals surface area contributed by atoms with Crippen molar-refractivity contribution < 1.29 is 19.7 Å². The first-order chi connectivity index (χ1) is 18.1. The summed E-state index contributed by atoms with van der Waals surface area (Å²) in [7, 11) is 0. The second kappa shape index (κ2) is 9.41. The highest BCUT2D eigenvalue weighted by atomic mass is 16.5. The molecule has 2 N–H and O–H groups in total. The minimum absolute atomic E-state index is 0.209. The third kappa shape index (κ3) is 4.28. The number of ether oxygens (including phenoxy) is 1. The third-order valence-corrected chi connectivity index (χ3v) is 6.78. The lowest BCUT2D eigenvalue weighted by Gasteiger charge is -2.13. The van der Waals surface area contributed by atoms with Crippen LogP contribution in [0.1, 0.15) is 44.3 Å². The van der Waals surface area contributed by atoms with Gasteiger partial charge in [-0.1, -0.05) is 66.7 Å². The van der Waals surface area contributed by atoms with E-state index in [0.717, 1.165) is 44.4 Å². The molecule has 6 rings (SSSR count). The summed E-state index contributed by atoms with van der Waals surface area (Å²) in [6, 6.07) is 28.3. The van der Waals surface area contributed by atoms with Crippen LogP contribution in [-0.2, 0) is 13.2 Å². The van der Waals surface area contributed by atoms with E-state index >= 15 is 0 Å². The number of fused-ring (bicyclic) bond motifs is 3. The van der Waals surface area contributed by atoms with Crippen molar-refractivity contribution in [2.24, 2.45) is 0 Å². The minimum atomic E-state index is -0.982. The number of imidazole rings is 1. The van der Waals surface area contributed by atoms with E-state index in [1.54, 1.807) is 24.5 Å². The van der Waals surface area contributed by atoms with E-state index in [9.17, 15) is 15.0 Å². The Labute approximate surface area is 213 Å². The Bertz CT molecular complexity index is 1650. The molecule has 6 heteroatoms. The first-order valence-electron chi connectivity index (χ1n) is 12.1. The SMILES string of the molecule is O=C(O)c1ccc2c(c1)/C(=C/Cn1cnc3ccc(C(O)c4ccccc4)cc31)c1ccccc1CO2. The summed E-state index contributed by atoms with van der Waals surface area (Å²) in [6.07, 6.45) is 3.13. The Morgan fingerprint density at radius 2 is 1.76 bits per heavy atom. The van der Waals surface area contributed by atoms with Crippen molar-refractivity contribution in [1.29, 1.82) is 0 Å². The van der Waals surface area contributed by atoms with E-state index < -0.39 is 12.1 Å². The van der Waals surface area contributed by atoms with Crippen LogP contribution in [0.5, 0.6) is 5.75 Å². The van der Waals surface area contributed by atoms with E-state index in [-0.39, 0.29) is 5.56 Å². The number of carbonyl (C=O) groups is 1. The van der Waals surface area contributed by atoms with Crippen LogP contribution in [0.2, 0.25) is 0 Å². The fourth-order valence-electron chi connectivity index (χ4n) is 4.84. The molecule has 6 nitrogen and oxygen atoms in total. The highest BCUT2D eigenvalue weighted by Crippen LogP contribution is 2.37. The predicted octanol–water partition coefficient (Wildman–Crippen LogP) is 5.84. The Balaban J connectivity index is 1.42. The molecule has 1 unspecified atom stereocenters.